The lowest BCUT2D eigenvalue weighted by Gasteiger charge is -2.02. The zero-order valence-corrected chi connectivity index (χ0v) is 11.4. The van der Waals surface area contributed by atoms with Crippen LogP contribution in [0.5, 0.6) is 0 Å². The second-order valence-electron chi connectivity index (χ2n) is 3.06. The largest absolute Gasteiger partial charge is 0.462 e. The van der Waals surface area contributed by atoms with Gasteiger partial charge in [-0.25, -0.2) is 4.79 Å². The third-order valence-electron chi connectivity index (χ3n) is 1.88. The summed E-state index contributed by atoms with van der Waals surface area (Å²) in [6.07, 6.45) is 1.46. The van der Waals surface area contributed by atoms with Crippen molar-refractivity contribution in [1.29, 1.82) is 5.26 Å². The van der Waals surface area contributed by atoms with E-state index in [2.05, 4.69) is 15.9 Å². The van der Waals surface area contributed by atoms with Gasteiger partial charge in [0.1, 0.15) is 11.6 Å². The van der Waals surface area contributed by atoms with Crippen LogP contribution in [0.2, 0.25) is 5.02 Å². The molecule has 0 bridgehead atoms. The number of hydrogen-bond donors (Lipinski definition) is 0. The van der Waals surface area contributed by atoms with E-state index in [1.807, 2.05) is 6.07 Å². The molecule has 88 valence electrons. The highest BCUT2D eigenvalue weighted by atomic mass is 79.9. The van der Waals surface area contributed by atoms with Crippen molar-refractivity contribution in [3.63, 3.8) is 0 Å². The number of halogens is 2. The quantitative estimate of drug-likeness (QED) is 0.487. The minimum Gasteiger partial charge on any atom is -0.462 e. The highest BCUT2D eigenvalue weighted by Gasteiger charge is 2.10. The molecule has 0 unspecified atom stereocenters. The van der Waals surface area contributed by atoms with Crippen molar-refractivity contribution >= 4 is 39.6 Å². The number of ether oxygens (including phenoxy) is 1. The summed E-state index contributed by atoms with van der Waals surface area (Å²) >= 11 is 9.09. The standard InChI is InChI=1S/C12H9BrClNO2/c1-2-17-12(16)9(7-15)5-8-3-4-10(14)6-11(8)13/h3-6H,2H2,1H3/b9-5+. The van der Waals surface area contributed by atoms with E-state index < -0.39 is 5.97 Å². The summed E-state index contributed by atoms with van der Waals surface area (Å²) in [5, 5.41) is 9.44. The Morgan fingerprint density at radius 2 is 2.35 bits per heavy atom. The van der Waals surface area contributed by atoms with Crippen LogP contribution < -0.4 is 0 Å². The lowest BCUT2D eigenvalue weighted by molar-refractivity contribution is -0.137. The van der Waals surface area contributed by atoms with E-state index in [9.17, 15) is 4.79 Å². The minimum absolute atomic E-state index is 0.0464. The van der Waals surface area contributed by atoms with Crippen LogP contribution >= 0.6 is 27.5 Å². The van der Waals surface area contributed by atoms with E-state index >= 15 is 0 Å². The molecule has 0 radical (unpaired) electrons. The third-order valence-corrected chi connectivity index (χ3v) is 2.80. The number of esters is 1. The lowest BCUT2D eigenvalue weighted by atomic mass is 10.1. The Morgan fingerprint density at radius 3 is 2.88 bits per heavy atom. The van der Waals surface area contributed by atoms with E-state index in [4.69, 9.17) is 21.6 Å². The van der Waals surface area contributed by atoms with Crippen LogP contribution in [0, 0.1) is 11.3 Å². The van der Waals surface area contributed by atoms with Crippen LogP contribution in [0.4, 0.5) is 0 Å². The van der Waals surface area contributed by atoms with Gasteiger partial charge in [0.05, 0.1) is 6.61 Å². The Hall–Kier alpha value is -1.31. The Labute approximate surface area is 113 Å². The van der Waals surface area contributed by atoms with Crippen molar-refractivity contribution in [2.75, 3.05) is 6.61 Å². The van der Waals surface area contributed by atoms with E-state index in [0.717, 1.165) is 0 Å². The molecule has 0 fully saturated rings. The molecule has 0 aliphatic rings. The maximum atomic E-state index is 11.4. The van der Waals surface area contributed by atoms with Crippen molar-refractivity contribution in [3.8, 4) is 6.07 Å². The number of carbonyl (C=O) groups is 1. The SMILES string of the molecule is CCOC(=O)/C(C#N)=C/c1ccc(Cl)cc1Br. The molecule has 1 rings (SSSR count). The van der Waals surface area contributed by atoms with E-state index in [1.165, 1.54) is 6.08 Å². The first-order valence-corrected chi connectivity index (χ1v) is 5.99. The molecular weight excluding hydrogens is 305 g/mol. The van der Waals surface area contributed by atoms with Gasteiger partial charge in [-0.1, -0.05) is 33.6 Å². The summed E-state index contributed by atoms with van der Waals surface area (Å²) in [6.45, 7) is 1.92. The number of hydrogen-bond acceptors (Lipinski definition) is 3. The average molecular weight is 315 g/mol. The molecule has 0 saturated carbocycles. The Morgan fingerprint density at radius 1 is 1.65 bits per heavy atom. The van der Waals surface area contributed by atoms with Gasteiger partial charge < -0.3 is 4.74 Å². The van der Waals surface area contributed by atoms with Crippen molar-refractivity contribution in [1.82, 2.24) is 0 Å². The molecule has 17 heavy (non-hydrogen) atoms. The highest BCUT2D eigenvalue weighted by molar-refractivity contribution is 9.10. The van der Waals surface area contributed by atoms with Crippen LogP contribution in [0.15, 0.2) is 28.2 Å². The lowest BCUT2D eigenvalue weighted by Crippen LogP contribution is -2.06. The normalized spacial score (nSPS) is 10.8. The molecule has 0 aliphatic carbocycles. The molecule has 1 aromatic carbocycles. The van der Waals surface area contributed by atoms with Crippen molar-refractivity contribution in [3.05, 3.63) is 38.8 Å². The van der Waals surface area contributed by atoms with Crippen molar-refractivity contribution < 1.29 is 9.53 Å². The summed E-state index contributed by atoms with van der Waals surface area (Å²) in [5.74, 6) is -0.628. The maximum Gasteiger partial charge on any atom is 0.348 e. The van der Waals surface area contributed by atoms with Gasteiger partial charge in [0.15, 0.2) is 0 Å². The van der Waals surface area contributed by atoms with Gasteiger partial charge >= 0.3 is 5.97 Å². The smallest absolute Gasteiger partial charge is 0.348 e. The second kappa shape index (κ2) is 6.43. The van der Waals surface area contributed by atoms with Crippen LogP contribution in [0.25, 0.3) is 6.08 Å². The van der Waals surface area contributed by atoms with Crippen molar-refractivity contribution in [2.24, 2.45) is 0 Å². The fourth-order valence-electron chi connectivity index (χ4n) is 1.12. The monoisotopic (exact) mass is 313 g/mol. The molecule has 0 N–H and O–H groups in total. The number of benzene rings is 1. The third kappa shape index (κ3) is 3.88. The summed E-state index contributed by atoms with van der Waals surface area (Å²) in [6, 6.07) is 6.89. The predicted octanol–water partition coefficient (Wildman–Crippen LogP) is 3.57. The second-order valence-corrected chi connectivity index (χ2v) is 4.35. The summed E-state index contributed by atoms with van der Waals surface area (Å²) in [5.41, 5.74) is 0.647. The minimum atomic E-state index is -0.628. The summed E-state index contributed by atoms with van der Waals surface area (Å²) in [7, 11) is 0. The maximum absolute atomic E-state index is 11.4. The van der Waals surface area contributed by atoms with Gasteiger partial charge in [0.25, 0.3) is 0 Å². The average Bonchev–Trinajstić information content (AvgIpc) is 2.28. The van der Waals surface area contributed by atoms with Gasteiger partial charge in [0.2, 0.25) is 0 Å². The van der Waals surface area contributed by atoms with Crippen LogP contribution in [-0.2, 0) is 9.53 Å². The molecule has 0 aromatic heterocycles. The summed E-state index contributed by atoms with van der Waals surface area (Å²) in [4.78, 5) is 11.4. The predicted molar refractivity (Wildman–Crippen MR) is 69.4 cm³/mol. The van der Waals surface area contributed by atoms with Crippen LogP contribution in [-0.4, -0.2) is 12.6 Å². The summed E-state index contributed by atoms with van der Waals surface area (Å²) < 4.78 is 5.47. The molecule has 0 atom stereocenters. The van der Waals surface area contributed by atoms with Crippen LogP contribution in [0.3, 0.4) is 0 Å². The zero-order chi connectivity index (χ0) is 12.8. The number of nitriles is 1. The molecule has 5 heteroatoms. The van der Waals surface area contributed by atoms with E-state index in [0.29, 0.717) is 15.1 Å². The van der Waals surface area contributed by atoms with Gasteiger partial charge in [-0.15, -0.1) is 0 Å². The molecule has 0 aliphatic heterocycles. The van der Waals surface area contributed by atoms with Gasteiger partial charge in [0, 0.05) is 9.50 Å². The highest BCUT2D eigenvalue weighted by Crippen LogP contribution is 2.23. The Bertz CT molecular complexity index is 506. The first-order chi connectivity index (χ1) is 8.08. The van der Waals surface area contributed by atoms with Gasteiger partial charge in [-0.05, 0) is 30.7 Å². The topological polar surface area (TPSA) is 50.1 Å². The molecule has 1 aromatic rings. The molecule has 3 nitrogen and oxygen atoms in total. The zero-order valence-electron chi connectivity index (χ0n) is 9.04. The van der Waals surface area contributed by atoms with Gasteiger partial charge in [-0.2, -0.15) is 5.26 Å². The molecular formula is C12H9BrClNO2. The fraction of sp³-hybridized carbons (Fsp3) is 0.167. The van der Waals surface area contributed by atoms with E-state index in [1.54, 1.807) is 25.1 Å². The Balaban J connectivity index is 3.07. The Kier molecular flexibility index (Phi) is 5.20. The molecule has 0 spiro atoms. The van der Waals surface area contributed by atoms with Gasteiger partial charge in [-0.3, -0.25) is 0 Å². The van der Waals surface area contributed by atoms with Crippen LogP contribution in [0.1, 0.15) is 12.5 Å². The number of rotatable bonds is 3. The first-order valence-electron chi connectivity index (χ1n) is 4.82. The van der Waals surface area contributed by atoms with E-state index in [-0.39, 0.29) is 12.2 Å². The molecule has 0 amide bonds. The number of carbonyl (C=O) groups excluding carboxylic acids is 1. The number of nitrogens with zero attached hydrogens (tertiary/aromatic N) is 1. The molecule has 0 saturated heterocycles. The fourth-order valence-corrected chi connectivity index (χ4v) is 1.92. The van der Waals surface area contributed by atoms with Crippen molar-refractivity contribution in [2.45, 2.75) is 6.92 Å². The molecule has 0 heterocycles. The first kappa shape index (κ1) is 13.8.